The minimum atomic E-state index is -1.42. The third kappa shape index (κ3) is 4.41. The summed E-state index contributed by atoms with van der Waals surface area (Å²) in [6, 6.07) is -0.608. The number of H-pyrrole nitrogens is 1. The molecule has 0 saturated carbocycles. The van der Waals surface area contributed by atoms with E-state index in [0.29, 0.717) is 33.6 Å². The fraction of sp³-hybridized carbons (Fsp3) is 0.333. The molecule has 4 aromatic rings. The van der Waals surface area contributed by atoms with Crippen molar-refractivity contribution >= 4 is 51.2 Å². The zero-order chi connectivity index (χ0) is 24.1. The molecule has 1 amide bonds. The number of rotatable bonds is 5. The summed E-state index contributed by atoms with van der Waals surface area (Å²) in [5.41, 5.74) is 1.94. The summed E-state index contributed by atoms with van der Waals surface area (Å²) in [6.45, 7) is 8.60. The summed E-state index contributed by atoms with van der Waals surface area (Å²) in [5.74, 6) is -0.530. The highest BCUT2D eigenvalue weighted by molar-refractivity contribution is 7.90. The van der Waals surface area contributed by atoms with Crippen molar-refractivity contribution in [1.82, 2.24) is 29.3 Å². The molecule has 3 N–H and O–H groups in total. The average molecular weight is 492 g/mol. The van der Waals surface area contributed by atoms with E-state index in [1.54, 1.807) is 29.9 Å². The van der Waals surface area contributed by atoms with E-state index >= 15 is 4.39 Å². The number of nitrogens with one attached hydrogen (secondary N) is 3. The smallest absolute Gasteiger partial charge is 0.222 e. The lowest BCUT2D eigenvalue weighted by atomic mass is 9.99. The number of amides is 1. The normalized spacial score (nSPS) is 14.1. The van der Waals surface area contributed by atoms with Crippen molar-refractivity contribution < 1.29 is 13.7 Å². The van der Waals surface area contributed by atoms with Crippen molar-refractivity contribution in [3.8, 4) is 11.3 Å². The van der Waals surface area contributed by atoms with Crippen molar-refractivity contribution in [3.05, 3.63) is 41.2 Å². The van der Waals surface area contributed by atoms with Crippen molar-refractivity contribution in [2.75, 3.05) is 5.32 Å². The first-order valence-electron chi connectivity index (χ1n) is 10.1. The monoisotopic (exact) mass is 491 g/mol. The quantitative estimate of drug-likeness (QED) is 0.360. The van der Waals surface area contributed by atoms with Gasteiger partial charge >= 0.3 is 0 Å². The summed E-state index contributed by atoms with van der Waals surface area (Å²) in [5, 5.41) is 9.99. The van der Waals surface area contributed by atoms with E-state index in [1.165, 1.54) is 13.1 Å². The van der Waals surface area contributed by atoms with E-state index in [0.717, 1.165) is 0 Å². The van der Waals surface area contributed by atoms with Crippen molar-refractivity contribution in [1.29, 1.82) is 0 Å². The molecule has 0 bridgehead atoms. The molecular weight excluding hydrogens is 469 g/mol. The van der Waals surface area contributed by atoms with Crippen LogP contribution in [0.5, 0.6) is 0 Å². The Morgan fingerprint density at radius 2 is 2.06 bits per heavy atom. The Kier molecular flexibility index (Phi) is 6.08. The second kappa shape index (κ2) is 8.56. The number of benzene rings is 1. The van der Waals surface area contributed by atoms with Crippen LogP contribution in [0.25, 0.3) is 27.8 Å². The predicted octanol–water partition coefficient (Wildman–Crippen LogP) is 4.14. The van der Waals surface area contributed by atoms with Gasteiger partial charge in [0.1, 0.15) is 10.6 Å². The van der Waals surface area contributed by atoms with Gasteiger partial charge in [-0.1, -0.05) is 11.6 Å². The molecule has 0 aliphatic rings. The first-order chi connectivity index (χ1) is 15.5. The number of nitrogens with zero attached hydrogens (tertiary/aromatic N) is 4. The average Bonchev–Trinajstić information content (AvgIpc) is 3.33. The first kappa shape index (κ1) is 23.4. The van der Waals surface area contributed by atoms with Crippen LogP contribution in [0, 0.1) is 5.82 Å². The largest absolute Gasteiger partial charge is 0.598 e. The fourth-order valence-electron chi connectivity index (χ4n) is 3.46. The van der Waals surface area contributed by atoms with E-state index in [9.17, 15) is 9.35 Å². The molecule has 0 spiro atoms. The topological polar surface area (TPSA) is 123 Å². The number of fused-ring (bicyclic) bond motifs is 2. The summed E-state index contributed by atoms with van der Waals surface area (Å²) in [7, 11) is 0. The van der Waals surface area contributed by atoms with Gasteiger partial charge in [0.15, 0.2) is 11.5 Å². The molecule has 174 valence electrons. The van der Waals surface area contributed by atoms with Gasteiger partial charge in [0.2, 0.25) is 5.91 Å². The van der Waals surface area contributed by atoms with Crippen LogP contribution >= 0.6 is 11.6 Å². The molecule has 2 atom stereocenters. The molecule has 33 heavy (non-hydrogen) atoms. The molecule has 0 aliphatic heterocycles. The minimum Gasteiger partial charge on any atom is -0.598 e. The molecule has 0 aliphatic carbocycles. The van der Waals surface area contributed by atoms with Crippen LogP contribution in [0.4, 0.5) is 10.2 Å². The lowest BCUT2D eigenvalue weighted by Crippen LogP contribution is -2.40. The second-order valence-electron chi connectivity index (χ2n) is 8.64. The van der Waals surface area contributed by atoms with Crippen LogP contribution < -0.4 is 10.0 Å². The number of imidazole rings is 1. The Balaban J connectivity index is 1.82. The molecule has 3 heterocycles. The Hall–Kier alpha value is -2.73. The number of anilines is 1. The number of carbonyl (C=O) groups is 1. The second-order valence-corrected chi connectivity index (χ2v) is 11.0. The lowest BCUT2D eigenvalue weighted by molar-refractivity contribution is -0.114. The molecule has 9 nitrogen and oxygen atoms in total. The van der Waals surface area contributed by atoms with Crippen LogP contribution in [0.2, 0.25) is 5.02 Å². The maximum absolute atomic E-state index is 15.6. The Morgan fingerprint density at radius 3 is 2.73 bits per heavy atom. The van der Waals surface area contributed by atoms with Crippen molar-refractivity contribution in [2.45, 2.75) is 45.4 Å². The van der Waals surface area contributed by atoms with E-state index < -0.39 is 28.0 Å². The summed E-state index contributed by atoms with van der Waals surface area (Å²) >= 11 is 5.10. The van der Waals surface area contributed by atoms with Gasteiger partial charge in [-0.2, -0.15) is 5.10 Å². The molecule has 4 rings (SSSR count). The highest BCUT2D eigenvalue weighted by Crippen LogP contribution is 2.40. The highest BCUT2D eigenvalue weighted by atomic mass is 35.5. The maximum atomic E-state index is 15.6. The zero-order valence-corrected chi connectivity index (χ0v) is 20.2. The first-order valence-corrected chi connectivity index (χ1v) is 11.6. The van der Waals surface area contributed by atoms with Gasteiger partial charge in [0.05, 0.1) is 40.9 Å². The number of aromatic amines is 1. The van der Waals surface area contributed by atoms with Crippen LogP contribution in [-0.2, 0) is 16.2 Å². The van der Waals surface area contributed by atoms with Gasteiger partial charge in [-0.15, -0.1) is 4.72 Å². The number of hydrogen-bond acceptors (Lipinski definition) is 6. The van der Waals surface area contributed by atoms with Gasteiger partial charge in [0, 0.05) is 41.0 Å². The standard InChI is InChI=1S/C21H23ClFN7O2S/c1-10(29-33(32)21(3,4)5)16-19(23)18(22)17(12-6-25-28-20(12)16)13-8-30-9-14(26-11(2)31)27-15(30)7-24-13/h6-10,29H,1-5H3,(H,25,28)(H,26,31)/t10-,33?/m0/s1. The Labute approximate surface area is 197 Å². The molecule has 0 saturated heterocycles. The number of halogens is 2. The van der Waals surface area contributed by atoms with Crippen LogP contribution in [-0.4, -0.2) is 39.8 Å². The van der Waals surface area contributed by atoms with Crippen LogP contribution in [0.15, 0.2) is 24.8 Å². The molecule has 12 heteroatoms. The minimum absolute atomic E-state index is 0.122. The summed E-state index contributed by atoms with van der Waals surface area (Å²) < 4.78 is 32.3. The van der Waals surface area contributed by atoms with E-state index in [2.05, 4.69) is 30.2 Å². The fourth-order valence-corrected chi connectivity index (χ4v) is 4.55. The third-order valence-electron chi connectivity index (χ3n) is 5.00. The van der Waals surface area contributed by atoms with Crippen molar-refractivity contribution in [2.24, 2.45) is 0 Å². The molecule has 1 aromatic carbocycles. The Bertz CT molecular complexity index is 1360. The zero-order valence-electron chi connectivity index (χ0n) is 18.7. The number of aromatic nitrogens is 5. The van der Waals surface area contributed by atoms with E-state index in [-0.39, 0.29) is 16.5 Å². The molecular formula is C21H23ClFN7O2S. The third-order valence-corrected chi connectivity index (χ3v) is 7.04. The van der Waals surface area contributed by atoms with Crippen LogP contribution in [0.3, 0.4) is 0 Å². The summed E-state index contributed by atoms with van der Waals surface area (Å²) in [6.07, 6.45) is 6.33. The van der Waals surface area contributed by atoms with Gasteiger partial charge in [-0.25, -0.2) is 9.37 Å². The molecule has 1 unspecified atom stereocenters. The Morgan fingerprint density at radius 1 is 1.33 bits per heavy atom. The summed E-state index contributed by atoms with van der Waals surface area (Å²) in [4.78, 5) is 20.0. The van der Waals surface area contributed by atoms with Crippen LogP contribution in [0.1, 0.15) is 46.2 Å². The SMILES string of the molecule is CC(=O)Nc1cn2cc(-c3c(Cl)c(F)c([C@H](C)N[S+]([O-])C(C)(C)C)c4[nH]ncc34)ncc2n1. The highest BCUT2D eigenvalue weighted by Gasteiger charge is 2.32. The van der Waals surface area contributed by atoms with Gasteiger partial charge in [-0.05, 0) is 27.7 Å². The van der Waals surface area contributed by atoms with Gasteiger partial charge in [0.25, 0.3) is 0 Å². The molecule has 0 radical (unpaired) electrons. The maximum Gasteiger partial charge on any atom is 0.222 e. The van der Waals surface area contributed by atoms with E-state index in [1.807, 2.05) is 20.8 Å². The molecule has 0 fully saturated rings. The number of carbonyl (C=O) groups excluding carboxylic acids is 1. The van der Waals surface area contributed by atoms with Gasteiger partial charge in [-0.3, -0.25) is 14.9 Å². The van der Waals surface area contributed by atoms with E-state index in [4.69, 9.17) is 11.6 Å². The molecule has 3 aromatic heterocycles. The van der Waals surface area contributed by atoms with Gasteiger partial charge < -0.3 is 14.3 Å². The predicted molar refractivity (Wildman–Crippen MR) is 127 cm³/mol. The lowest BCUT2D eigenvalue weighted by Gasteiger charge is -2.27. The number of hydrogen-bond donors (Lipinski definition) is 3. The van der Waals surface area contributed by atoms with Crippen molar-refractivity contribution in [3.63, 3.8) is 0 Å².